The largest absolute Gasteiger partial charge is 0.478 e. The van der Waals surface area contributed by atoms with Crippen LogP contribution in [-0.2, 0) is 0 Å². The van der Waals surface area contributed by atoms with E-state index in [-0.39, 0.29) is 5.56 Å². The van der Waals surface area contributed by atoms with E-state index in [0.717, 1.165) is 5.65 Å². The smallest absolute Gasteiger partial charge is 0.337 e. The summed E-state index contributed by atoms with van der Waals surface area (Å²) in [5, 5.41) is 9.04. The summed E-state index contributed by atoms with van der Waals surface area (Å²) in [4.78, 5) is 18.2. The van der Waals surface area contributed by atoms with Gasteiger partial charge in [-0.15, -0.1) is 0 Å². The van der Waals surface area contributed by atoms with Crippen molar-refractivity contribution in [3.8, 4) is 11.3 Å². The summed E-state index contributed by atoms with van der Waals surface area (Å²) in [6.07, 6.45) is 6.79. The summed E-state index contributed by atoms with van der Waals surface area (Å²) in [6.45, 7) is 0. The van der Waals surface area contributed by atoms with Crippen LogP contribution in [-0.4, -0.2) is 25.4 Å². The molecule has 0 spiro atoms. The van der Waals surface area contributed by atoms with E-state index in [2.05, 4.69) is 9.97 Å². The topological polar surface area (TPSA) is 70.4 Å². The molecule has 3 aromatic heterocycles. The minimum atomic E-state index is -0.960. The van der Waals surface area contributed by atoms with Crippen LogP contribution in [0.25, 0.3) is 16.9 Å². The van der Waals surface area contributed by atoms with Crippen LogP contribution < -0.4 is 0 Å². The van der Waals surface area contributed by atoms with Crippen molar-refractivity contribution in [2.75, 3.05) is 0 Å². The molecule has 0 aliphatic heterocycles. The second-order valence-corrected chi connectivity index (χ2v) is 3.68. The van der Waals surface area contributed by atoms with E-state index in [1.54, 1.807) is 6.20 Å². The maximum absolute atomic E-state index is 11.0. The summed E-state index contributed by atoms with van der Waals surface area (Å²) in [5.74, 6) is -0.960. The van der Waals surface area contributed by atoms with Crippen LogP contribution in [0.15, 0.2) is 43.0 Å². The van der Waals surface area contributed by atoms with Crippen molar-refractivity contribution < 1.29 is 9.90 Å². The van der Waals surface area contributed by atoms with Crippen molar-refractivity contribution in [3.05, 3.63) is 48.5 Å². The Hall–Kier alpha value is -2.56. The molecule has 0 radical (unpaired) electrons. The number of fused-ring (bicyclic) bond motifs is 1. The minimum Gasteiger partial charge on any atom is -0.478 e. The first kappa shape index (κ1) is 9.65. The molecule has 0 amide bonds. The van der Waals surface area contributed by atoms with Gasteiger partial charge in [0, 0.05) is 30.4 Å². The molecule has 0 aromatic carbocycles. The zero-order valence-corrected chi connectivity index (χ0v) is 8.79. The third kappa shape index (κ3) is 1.48. The Morgan fingerprint density at radius 2 is 2.24 bits per heavy atom. The number of H-pyrrole nitrogens is 1. The molecule has 0 unspecified atom stereocenters. The lowest BCUT2D eigenvalue weighted by molar-refractivity contribution is 0.0698. The van der Waals surface area contributed by atoms with Crippen LogP contribution in [0.3, 0.4) is 0 Å². The van der Waals surface area contributed by atoms with Crippen molar-refractivity contribution in [2.45, 2.75) is 0 Å². The average Bonchev–Trinajstić information content (AvgIpc) is 2.95. The second kappa shape index (κ2) is 3.48. The van der Waals surface area contributed by atoms with Gasteiger partial charge in [0.2, 0.25) is 0 Å². The molecular formula is C12H9N3O2. The molecular weight excluding hydrogens is 218 g/mol. The van der Waals surface area contributed by atoms with E-state index >= 15 is 0 Å². The van der Waals surface area contributed by atoms with Crippen LogP contribution in [0, 0.1) is 0 Å². The van der Waals surface area contributed by atoms with Gasteiger partial charge in [0.25, 0.3) is 0 Å². The first-order valence-corrected chi connectivity index (χ1v) is 5.10. The predicted molar refractivity (Wildman–Crippen MR) is 61.9 cm³/mol. The first-order valence-electron chi connectivity index (χ1n) is 5.10. The molecule has 3 aromatic rings. The quantitative estimate of drug-likeness (QED) is 0.703. The molecule has 0 aliphatic carbocycles. The maximum atomic E-state index is 11.0. The Morgan fingerprint density at radius 3 is 3.00 bits per heavy atom. The highest BCUT2D eigenvalue weighted by molar-refractivity contribution is 5.95. The van der Waals surface area contributed by atoms with Crippen LogP contribution in [0.4, 0.5) is 0 Å². The van der Waals surface area contributed by atoms with E-state index in [9.17, 15) is 4.79 Å². The van der Waals surface area contributed by atoms with Gasteiger partial charge in [-0.05, 0) is 12.1 Å². The summed E-state index contributed by atoms with van der Waals surface area (Å²) >= 11 is 0. The van der Waals surface area contributed by atoms with Crippen molar-refractivity contribution >= 4 is 11.6 Å². The van der Waals surface area contributed by atoms with E-state index in [4.69, 9.17) is 5.11 Å². The summed E-state index contributed by atoms with van der Waals surface area (Å²) < 4.78 is 1.86. The Labute approximate surface area is 96.4 Å². The van der Waals surface area contributed by atoms with Crippen molar-refractivity contribution in [2.24, 2.45) is 0 Å². The van der Waals surface area contributed by atoms with E-state index in [1.165, 1.54) is 6.20 Å². The Kier molecular flexibility index (Phi) is 1.98. The standard InChI is InChI=1S/C12H9N3O2/c16-12(17)9-6-13-5-8(9)10-7-15-4-2-1-3-11(15)14-10/h1-7,13H,(H,16,17). The lowest BCUT2D eigenvalue weighted by Gasteiger charge is -1.93. The van der Waals surface area contributed by atoms with Gasteiger partial charge in [-0.25, -0.2) is 9.78 Å². The van der Waals surface area contributed by atoms with Gasteiger partial charge in [0.05, 0.1) is 11.3 Å². The number of carboxylic acids is 1. The van der Waals surface area contributed by atoms with Crippen LogP contribution in [0.2, 0.25) is 0 Å². The summed E-state index contributed by atoms with van der Waals surface area (Å²) in [7, 11) is 0. The molecule has 0 aliphatic rings. The third-order valence-electron chi connectivity index (χ3n) is 2.62. The molecule has 3 heterocycles. The Morgan fingerprint density at radius 1 is 1.35 bits per heavy atom. The van der Waals surface area contributed by atoms with Crippen molar-refractivity contribution in [1.82, 2.24) is 14.4 Å². The fourth-order valence-corrected chi connectivity index (χ4v) is 1.82. The third-order valence-corrected chi connectivity index (χ3v) is 2.62. The molecule has 0 fully saturated rings. The molecule has 3 rings (SSSR count). The fraction of sp³-hybridized carbons (Fsp3) is 0. The molecule has 2 N–H and O–H groups in total. The highest BCUT2D eigenvalue weighted by atomic mass is 16.4. The number of hydrogen-bond donors (Lipinski definition) is 2. The zero-order chi connectivity index (χ0) is 11.8. The van der Waals surface area contributed by atoms with Gasteiger partial charge in [0.1, 0.15) is 5.65 Å². The van der Waals surface area contributed by atoms with Crippen molar-refractivity contribution in [1.29, 1.82) is 0 Å². The van der Waals surface area contributed by atoms with Crippen LogP contribution in [0.1, 0.15) is 10.4 Å². The van der Waals surface area contributed by atoms with Gasteiger partial charge in [0.15, 0.2) is 0 Å². The maximum Gasteiger partial charge on any atom is 0.337 e. The molecule has 0 saturated heterocycles. The number of nitrogens with one attached hydrogen (secondary N) is 1. The zero-order valence-electron chi connectivity index (χ0n) is 8.79. The number of hydrogen-bond acceptors (Lipinski definition) is 2. The van der Waals surface area contributed by atoms with E-state index in [0.29, 0.717) is 11.3 Å². The number of imidazole rings is 1. The monoisotopic (exact) mass is 227 g/mol. The number of nitrogens with zero attached hydrogens (tertiary/aromatic N) is 2. The highest BCUT2D eigenvalue weighted by Gasteiger charge is 2.14. The normalized spacial score (nSPS) is 10.8. The van der Waals surface area contributed by atoms with Crippen LogP contribution in [0.5, 0.6) is 0 Å². The van der Waals surface area contributed by atoms with Crippen molar-refractivity contribution in [3.63, 3.8) is 0 Å². The molecule has 5 heteroatoms. The van der Waals surface area contributed by atoms with E-state index in [1.807, 2.05) is 35.0 Å². The number of carboxylic acid groups (broad SMARTS) is 1. The SMILES string of the molecule is O=C(O)c1c[nH]cc1-c1cn2ccccc2n1. The Bertz CT molecular complexity index is 663. The number of pyridine rings is 1. The fourth-order valence-electron chi connectivity index (χ4n) is 1.82. The van der Waals surface area contributed by atoms with E-state index < -0.39 is 5.97 Å². The lowest BCUT2D eigenvalue weighted by Crippen LogP contribution is -1.95. The predicted octanol–water partition coefficient (Wildman–Crippen LogP) is 2.03. The van der Waals surface area contributed by atoms with Gasteiger partial charge in [-0.2, -0.15) is 0 Å². The highest BCUT2D eigenvalue weighted by Crippen LogP contribution is 2.22. The molecule has 5 nitrogen and oxygen atoms in total. The summed E-state index contributed by atoms with van der Waals surface area (Å²) in [5.41, 5.74) is 2.27. The summed E-state index contributed by atoms with van der Waals surface area (Å²) in [6, 6.07) is 5.66. The molecule has 0 bridgehead atoms. The Balaban J connectivity index is 2.20. The lowest BCUT2D eigenvalue weighted by atomic mass is 10.1. The van der Waals surface area contributed by atoms with Gasteiger partial charge >= 0.3 is 5.97 Å². The van der Waals surface area contributed by atoms with Gasteiger partial charge in [-0.3, -0.25) is 0 Å². The van der Waals surface area contributed by atoms with Gasteiger partial charge < -0.3 is 14.5 Å². The number of carbonyl (C=O) groups is 1. The average molecular weight is 227 g/mol. The second-order valence-electron chi connectivity index (χ2n) is 3.68. The van der Waals surface area contributed by atoms with Crippen LogP contribution >= 0.6 is 0 Å². The van der Waals surface area contributed by atoms with Gasteiger partial charge in [-0.1, -0.05) is 6.07 Å². The molecule has 17 heavy (non-hydrogen) atoms. The number of rotatable bonds is 2. The molecule has 84 valence electrons. The number of aromatic nitrogens is 3. The number of aromatic carboxylic acids is 1. The number of aromatic amines is 1. The molecule has 0 atom stereocenters. The molecule has 0 saturated carbocycles. The first-order chi connectivity index (χ1) is 8.25. The minimum absolute atomic E-state index is 0.230.